The van der Waals surface area contributed by atoms with Crippen molar-refractivity contribution in [2.45, 2.75) is 18.6 Å². The Balaban J connectivity index is 2.50. The average molecular weight is 293 g/mol. The number of nitrogens with zero attached hydrogens (tertiary/aromatic N) is 1. The molecule has 0 aromatic carbocycles. The molecule has 0 aromatic heterocycles. The van der Waals surface area contributed by atoms with Gasteiger partial charge in [-0.2, -0.15) is 0 Å². The maximum Gasteiger partial charge on any atom is 0.0782 e. The summed E-state index contributed by atoms with van der Waals surface area (Å²) in [6, 6.07) is 0. The highest BCUT2D eigenvalue weighted by Crippen LogP contribution is 2.21. The van der Waals surface area contributed by atoms with Crippen LogP contribution in [0.5, 0.6) is 0 Å². The van der Waals surface area contributed by atoms with E-state index in [-0.39, 0.29) is 5.92 Å². The van der Waals surface area contributed by atoms with E-state index in [1.807, 2.05) is 7.05 Å². The molecular weight excluding hydrogens is 277 g/mol. The van der Waals surface area contributed by atoms with E-state index in [0.717, 1.165) is 13.0 Å². The fourth-order valence-electron chi connectivity index (χ4n) is 1.72. The number of likely N-dealkylation sites (tertiary alicyclic amines) is 1. The first kappa shape index (κ1) is 11.4. The van der Waals surface area contributed by atoms with E-state index in [4.69, 9.17) is 0 Å². The van der Waals surface area contributed by atoms with E-state index >= 15 is 0 Å². The largest absolute Gasteiger partial charge is 0.391 e. The third-order valence-corrected chi connectivity index (χ3v) is 2.96. The minimum absolute atomic E-state index is 0.00205. The predicted molar refractivity (Wildman–Crippen MR) is 60.8 cm³/mol. The van der Waals surface area contributed by atoms with Gasteiger partial charge in [0.2, 0.25) is 0 Å². The molecule has 1 heterocycles. The summed E-state index contributed by atoms with van der Waals surface area (Å²) in [7, 11) is 1.99. The van der Waals surface area contributed by atoms with E-state index in [1.165, 1.54) is 0 Å². The molecule has 1 fully saturated rings. The Morgan fingerprint density at radius 3 is 2.85 bits per heavy atom. The van der Waals surface area contributed by atoms with Gasteiger partial charge in [-0.1, -0.05) is 22.6 Å². The third-order valence-electron chi connectivity index (χ3n) is 2.55. The molecule has 1 aliphatic rings. The number of β-amino-alcohol motifs (C(OH)–C–C–N with tert-alkyl or cyclic N) is 1. The van der Waals surface area contributed by atoms with Gasteiger partial charge in [-0.3, -0.25) is 0 Å². The van der Waals surface area contributed by atoms with E-state index in [0.29, 0.717) is 6.54 Å². The Morgan fingerprint density at radius 2 is 2.31 bits per heavy atom. The summed E-state index contributed by atoms with van der Waals surface area (Å²) in [6.07, 6.45) is 1.70. The van der Waals surface area contributed by atoms with Crippen LogP contribution < -0.4 is 0 Å². The second-order valence-electron chi connectivity index (χ2n) is 3.59. The summed E-state index contributed by atoms with van der Waals surface area (Å²) in [4.78, 5) is 2.08. The lowest BCUT2D eigenvalue weighted by Crippen LogP contribution is -2.45. The monoisotopic (exact) mass is 293 g/mol. The molecule has 0 spiro atoms. The Morgan fingerprint density at radius 1 is 1.62 bits per heavy atom. The lowest BCUT2D eigenvalue weighted by Gasteiger charge is -2.35. The van der Waals surface area contributed by atoms with Crippen molar-refractivity contribution in [3.05, 3.63) is 10.2 Å². The molecule has 1 saturated heterocycles. The van der Waals surface area contributed by atoms with Crippen molar-refractivity contribution in [3.63, 3.8) is 0 Å². The van der Waals surface area contributed by atoms with Crippen LogP contribution in [0.1, 0.15) is 6.42 Å². The molecule has 1 aliphatic heterocycles. The zero-order chi connectivity index (χ0) is 9.84. The fraction of sp³-hybridized carbons (Fsp3) is 0.778. The van der Waals surface area contributed by atoms with Crippen molar-refractivity contribution >= 4 is 22.6 Å². The predicted octanol–water partition coefficient (Wildman–Crippen LogP) is 0.609. The van der Waals surface area contributed by atoms with Crippen LogP contribution in [0, 0.1) is 5.92 Å². The van der Waals surface area contributed by atoms with Crippen LogP contribution in [0.15, 0.2) is 10.2 Å². The van der Waals surface area contributed by atoms with Gasteiger partial charge in [-0.25, -0.2) is 0 Å². The second-order valence-corrected chi connectivity index (χ2v) is 4.31. The van der Waals surface area contributed by atoms with Crippen LogP contribution >= 0.6 is 22.6 Å². The van der Waals surface area contributed by atoms with Crippen molar-refractivity contribution in [1.82, 2.24) is 4.90 Å². The molecule has 0 aliphatic carbocycles. The summed E-state index contributed by atoms with van der Waals surface area (Å²) in [5, 5.41) is 19.4. The van der Waals surface area contributed by atoms with Crippen molar-refractivity contribution < 1.29 is 10.2 Å². The van der Waals surface area contributed by atoms with Gasteiger partial charge in [-0.05, 0) is 30.2 Å². The molecule has 3 atom stereocenters. The first-order chi connectivity index (χ1) is 6.15. The maximum absolute atomic E-state index is 9.70. The van der Waals surface area contributed by atoms with Crippen LogP contribution in [-0.4, -0.2) is 47.5 Å². The van der Waals surface area contributed by atoms with E-state index in [2.05, 4.69) is 27.5 Å². The lowest BCUT2D eigenvalue weighted by molar-refractivity contribution is -0.0162. The molecule has 0 amide bonds. The number of aliphatic hydroxyl groups excluding tert-OH is 2. The van der Waals surface area contributed by atoms with Gasteiger partial charge in [0.1, 0.15) is 0 Å². The molecule has 0 bridgehead atoms. The number of halogens is 1. The minimum Gasteiger partial charge on any atom is -0.391 e. The number of piperidine rings is 1. The van der Waals surface area contributed by atoms with Gasteiger partial charge in [-0.15, -0.1) is 0 Å². The highest BCUT2D eigenvalue weighted by molar-refractivity contribution is 14.1. The SMILES string of the molecule is CN1CCC(C(O)/C=C/[123I])C(O)C1. The van der Waals surface area contributed by atoms with Crippen molar-refractivity contribution in [1.29, 1.82) is 0 Å². The van der Waals surface area contributed by atoms with E-state index < -0.39 is 12.2 Å². The molecule has 3 nitrogen and oxygen atoms in total. The van der Waals surface area contributed by atoms with Gasteiger partial charge in [0.25, 0.3) is 0 Å². The van der Waals surface area contributed by atoms with E-state index in [9.17, 15) is 10.2 Å². The van der Waals surface area contributed by atoms with Crippen molar-refractivity contribution in [3.8, 4) is 0 Å². The summed E-state index contributed by atoms with van der Waals surface area (Å²) >= 11 is 2.08. The lowest BCUT2D eigenvalue weighted by atomic mass is 9.89. The van der Waals surface area contributed by atoms with Crippen LogP contribution in [-0.2, 0) is 0 Å². The van der Waals surface area contributed by atoms with Gasteiger partial charge in [0.05, 0.1) is 12.2 Å². The topological polar surface area (TPSA) is 43.7 Å². The number of hydrogen-bond donors (Lipinski definition) is 2. The molecule has 0 radical (unpaired) electrons. The van der Waals surface area contributed by atoms with Crippen LogP contribution in [0.4, 0.5) is 0 Å². The Hall–Kier alpha value is 0.350. The van der Waals surface area contributed by atoms with Gasteiger partial charge in [0, 0.05) is 12.5 Å². The van der Waals surface area contributed by atoms with Crippen LogP contribution in [0.3, 0.4) is 0 Å². The molecular formula is C9H16INO2. The molecule has 0 aromatic rings. The zero-order valence-electron chi connectivity index (χ0n) is 7.73. The highest BCUT2D eigenvalue weighted by atomic mass is 123. The summed E-state index contributed by atoms with van der Waals surface area (Å²) in [5.41, 5.74) is 0. The Labute approximate surface area is 92.6 Å². The maximum atomic E-state index is 9.70. The second kappa shape index (κ2) is 5.29. The molecule has 0 saturated carbocycles. The Kier molecular flexibility index (Phi) is 4.64. The van der Waals surface area contributed by atoms with Crippen LogP contribution in [0.25, 0.3) is 0 Å². The average Bonchev–Trinajstić information content (AvgIpc) is 2.04. The smallest absolute Gasteiger partial charge is 0.0782 e. The number of rotatable bonds is 2. The summed E-state index contributed by atoms with van der Waals surface area (Å²) in [5.74, 6) is 0.00205. The first-order valence-corrected chi connectivity index (χ1v) is 5.71. The van der Waals surface area contributed by atoms with E-state index in [1.54, 1.807) is 10.2 Å². The molecule has 1 rings (SSSR count). The van der Waals surface area contributed by atoms with Crippen molar-refractivity contribution in [2.75, 3.05) is 20.1 Å². The molecule has 2 N–H and O–H groups in total. The molecule has 76 valence electrons. The van der Waals surface area contributed by atoms with Gasteiger partial charge < -0.3 is 15.1 Å². The normalized spacial score (nSPS) is 33.8. The molecule has 3 unspecified atom stereocenters. The standard InChI is InChI=1S/C9H16INO2/c1-11-5-3-7(9(13)6-11)8(12)2-4-10/h2,4,7-9,12-13H,3,5-6H2,1H3/b4-2+/i10-4. The Bertz CT molecular complexity index is 186. The number of likely N-dealkylation sites (N-methyl/N-ethyl adjacent to an activating group) is 1. The van der Waals surface area contributed by atoms with Crippen LogP contribution in [0.2, 0.25) is 0 Å². The van der Waals surface area contributed by atoms with Crippen molar-refractivity contribution in [2.24, 2.45) is 5.92 Å². The molecule has 4 heteroatoms. The quantitative estimate of drug-likeness (QED) is 0.733. The van der Waals surface area contributed by atoms with Gasteiger partial charge >= 0.3 is 0 Å². The summed E-state index contributed by atoms with van der Waals surface area (Å²) < 4.78 is 1.80. The summed E-state index contributed by atoms with van der Waals surface area (Å²) in [6.45, 7) is 1.62. The first-order valence-electron chi connectivity index (χ1n) is 4.46. The minimum atomic E-state index is -0.499. The molecule has 13 heavy (non-hydrogen) atoms. The number of aliphatic hydroxyl groups is 2. The fourth-order valence-corrected chi connectivity index (χ4v) is 2.15. The number of hydrogen-bond acceptors (Lipinski definition) is 3. The highest BCUT2D eigenvalue weighted by Gasteiger charge is 2.29. The third kappa shape index (κ3) is 3.19. The zero-order valence-corrected chi connectivity index (χ0v) is 9.89. The van der Waals surface area contributed by atoms with Gasteiger partial charge in [0.15, 0.2) is 0 Å².